The van der Waals surface area contributed by atoms with Crippen LogP contribution in [0.15, 0.2) is 0 Å². The van der Waals surface area contributed by atoms with Crippen LogP contribution in [0.2, 0.25) is 0 Å². The highest BCUT2D eigenvalue weighted by molar-refractivity contribution is 5.01. The van der Waals surface area contributed by atoms with Crippen LogP contribution in [-0.4, -0.2) is 47.6 Å². The molecule has 4 fully saturated rings. The summed E-state index contributed by atoms with van der Waals surface area (Å²) < 4.78 is 0. The van der Waals surface area contributed by atoms with Gasteiger partial charge in [-0.05, 0) is 76.8 Å². The molecule has 4 rings (SSSR count). The zero-order valence-corrected chi connectivity index (χ0v) is 14.0. The average molecular weight is 278 g/mol. The van der Waals surface area contributed by atoms with Gasteiger partial charge in [0.25, 0.3) is 0 Å². The van der Waals surface area contributed by atoms with Gasteiger partial charge in [-0.3, -0.25) is 4.90 Å². The van der Waals surface area contributed by atoms with Crippen molar-refractivity contribution in [2.45, 2.75) is 77.9 Å². The second-order valence-corrected chi connectivity index (χ2v) is 8.29. The third kappa shape index (κ3) is 2.92. The number of piperidine rings is 2. The molecule has 2 bridgehead atoms. The molecular weight excluding hydrogens is 244 g/mol. The highest BCUT2D eigenvalue weighted by Crippen LogP contribution is 2.44. The highest BCUT2D eigenvalue weighted by Gasteiger charge is 2.46. The number of rotatable bonds is 4. The Morgan fingerprint density at radius 1 is 0.900 bits per heavy atom. The first-order valence-electron chi connectivity index (χ1n) is 9.04. The molecule has 1 aliphatic carbocycles. The second kappa shape index (κ2) is 5.96. The van der Waals surface area contributed by atoms with Crippen molar-refractivity contribution >= 4 is 0 Å². The van der Waals surface area contributed by atoms with Crippen molar-refractivity contribution in [2.24, 2.45) is 17.8 Å². The molecule has 2 nitrogen and oxygen atoms in total. The zero-order chi connectivity index (χ0) is 14.3. The molecule has 0 amide bonds. The molecule has 0 N–H and O–H groups in total. The molecule has 4 aliphatic rings. The van der Waals surface area contributed by atoms with E-state index in [-0.39, 0.29) is 0 Å². The Hall–Kier alpha value is -0.0800. The fourth-order valence-corrected chi connectivity index (χ4v) is 4.80. The van der Waals surface area contributed by atoms with Crippen LogP contribution in [0.4, 0.5) is 0 Å². The number of nitrogens with zero attached hydrogens (tertiary/aromatic N) is 2. The molecule has 3 heterocycles. The molecule has 0 aromatic carbocycles. The van der Waals surface area contributed by atoms with Gasteiger partial charge in [-0.2, -0.15) is 0 Å². The van der Waals surface area contributed by atoms with Gasteiger partial charge in [-0.25, -0.2) is 0 Å². The Morgan fingerprint density at radius 2 is 1.50 bits per heavy atom. The minimum Gasteiger partial charge on any atom is -0.301 e. The van der Waals surface area contributed by atoms with Crippen LogP contribution in [0.5, 0.6) is 0 Å². The summed E-state index contributed by atoms with van der Waals surface area (Å²) in [6.45, 7) is 13.6. The first-order valence-corrected chi connectivity index (χ1v) is 9.04. The van der Waals surface area contributed by atoms with Crippen LogP contribution in [-0.2, 0) is 0 Å². The minimum atomic E-state index is 0.742. The highest BCUT2D eigenvalue weighted by atomic mass is 15.3. The van der Waals surface area contributed by atoms with Crippen molar-refractivity contribution in [3.8, 4) is 0 Å². The molecule has 2 heteroatoms. The fourth-order valence-electron chi connectivity index (χ4n) is 4.80. The van der Waals surface area contributed by atoms with E-state index in [0.29, 0.717) is 0 Å². The first-order chi connectivity index (χ1) is 9.54. The number of likely N-dealkylation sites (tertiary alicyclic amines) is 1. The van der Waals surface area contributed by atoms with Crippen molar-refractivity contribution in [3.63, 3.8) is 0 Å². The molecule has 1 saturated carbocycles. The molecule has 2 unspecified atom stereocenters. The minimum absolute atomic E-state index is 0.742. The molecule has 0 spiro atoms. The summed E-state index contributed by atoms with van der Waals surface area (Å²) in [7, 11) is 0. The largest absolute Gasteiger partial charge is 0.301 e. The lowest BCUT2D eigenvalue weighted by molar-refractivity contribution is -0.0741. The van der Waals surface area contributed by atoms with Crippen LogP contribution in [0.25, 0.3) is 0 Å². The Kier molecular flexibility index (Phi) is 4.42. The van der Waals surface area contributed by atoms with Crippen LogP contribution < -0.4 is 0 Å². The van der Waals surface area contributed by atoms with E-state index in [4.69, 9.17) is 0 Å². The normalized spacial score (nSPS) is 36.6. The van der Waals surface area contributed by atoms with Crippen molar-refractivity contribution in [3.05, 3.63) is 0 Å². The van der Waals surface area contributed by atoms with Gasteiger partial charge >= 0.3 is 0 Å². The third-order valence-electron chi connectivity index (χ3n) is 6.42. The fraction of sp³-hybridized carbons (Fsp3) is 1.00. The number of hydrogen-bond donors (Lipinski definition) is 0. The third-order valence-corrected chi connectivity index (χ3v) is 6.42. The van der Waals surface area contributed by atoms with E-state index in [0.717, 1.165) is 35.9 Å². The molecule has 3 saturated heterocycles. The van der Waals surface area contributed by atoms with E-state index in [9.17, 15) is 0 Å². The lowest BCUT2D eigenvalue weighted by atomic mass is 9.69. The molecule has 0 radical (unpaired) electrons. The van der Waals surface area contributed by atoms with Gasteiger partial charge in [0.05, 0.1) is 0 Å². The quantitative estimate of drug-likeness (QED) is 0.775. The standard InChI is InChI=1S/C18H34N2/c1-13(2)16-9-17-11-18(10-16)20(17)12-15-5-7-19(8-6-15)14(3)4/h13-18H,5-12H2,1-4H3. The smallest absolute Gasteiger partial charge is 0.0116 e. The van der Waals surface area contributed by atoms with Gasteiger partial charge in [0.15, 0.2) is 0 Å². The van der Waals surface area contributed by atoms with E-state index in [1.54, 1.807) is 0 Å². The summed E-state index contributed by atoms with van der Waals surface area (Å²) in [5.74, 6) is 2.89. The first kappa shape index (κ1) is 14.8. The van der Waals surface area contributed by atoms with Gasteiger partial charge in [0.2, 0.25) is 0 Å². The van der Waals surface area contributed by atoms with Crippen LogP contribution in [0, 0.1) is 17.8 Å². The maximum Gasteiger partial charge on any atom is 0.0116 e. The van der Waals surface area contributed by atoms with Gasteiger partial charge in [-0.15, -0.1) is 0 Å². The molecule has 0 aromatic rings. The molecule has 0 aromatic heterocycles. The summed E-state index contributed by atoms with van der Waals surface area (Å²) in [6, 6.07) is 2.64. The molecular formula is C18H34N2. The molecule has 3 aliphatic heterocycles. The molecule has 116 valence electrons. The van der Waals surface area contributed by atoms with Crippen LogP contribution in [0.3, 0.4) is 0 Å². The Balaban J connectivity index is 1.45. The van der Waals surface area contributed by atoms with Crippen molar-refractivity contribution in [1.29, 1.82) is 0 Å². The van der Waals surface area contributed by atoms with E-state index < -0.39 is 0 Å². The van der Waals surface area contributed by atoms with Gasteiger partial charge < -0.3 is 4.90 Å². The maximum absolute atomic E-state index is 2.88. The summed E-state index contributed by atoms with van der Waals surface area (Å²) in [5, 5.41) is 0. The van der Waals surface area contributed by atoms with Crippen molar-refractivity contribution in [2.75, 3.05) is 19.6 Å². The van der Waals surface area contributed by atoms with Crippen molar-refractivity contribution < 1.29 is 0 Å². The van der Waals surface area contributed by atoms with Crippen LogP contribution >= 0.6 is 0 Å². The number of fused-ring (bicyclic) bond motifs is 2. The summed E-state index contributed by atoms with van der Waals surface area (Å²) in [4.78, 5) is 5.54. The van der Waals surface area contributed by atoms with Crippen molar-refractivity contribution in [1.82, 2.24) is 9.80 Å². The van der Waals surface area contributed by atoms with Gasteiger partial charge in [-0.1, -0.05) is 13.8 Å². The van der Waals surface area contributed by atoms with E-state index in [1.165, 1.54) is 51.7 Å². The summed E-state index contributed by atoms with van der Waals surface area (Å²) >= 11 is 0. The SMILES string of the molecule is CC(C)C1CC2CC(C1)N2CC1CCN(C(C)C)CC1. The maximum atomic E-state index is 2.88. The zero-order valence-electron chi connectivity index (χ0n) is 14.0. The van der Waals surface area contributed by atoms with E-state index in [1.807, 2.05) is 0 Å². The Labute approximate surface area is 125 Å². The van der Waals surface area contributed by atoms with Crippen LogP contribution in [0.1, 0.15) is 59.8 Å². The van der Waals surface area contributed by atoms with Gasteiger partial charge in [0, 0.05) is 24.7 Å². The lowest BCUT2D eigenvalue weighted by Gasteiger charge is -2.57. The second-order valence-electron chi connectivity index (χ2n) is 8.29. The average Bonchev–Trinajstić information content (AvgIpc) is 2.45. The monoisotopic (exact) mass is 278 g/mol. The summed E-state index contributed by atoms with van der Waals surface area (Å²) in [5.41, 5.74) is 0. The predicted molar refractivity (Wildman–Crippen MR) is 85.9 cm³/mol. The Bertz CT molecular complexity index is 305. The predicted octanol–water partition coefficient (Wildman–Crippen LogP) is 3.62. The lowest BCUT2D eigenvalue weighted by Crippen LogP contribution is -2.62. The van der Waals surface area contributed by atoms with E-state index >= 15 is 0 Å². The Morgan fingerprint density at radius 3 is 2.00 bits per heavy atom. The van der Waals surface area contributed by atoms with Gasteiger partial charge in [0.1, 0.15) is 0 Å². The summed E-state index contributed by atoms with van der Waals surface area (Å²) in [6.07, 6.45) is 7.34. The molecule has 20 heavy (non-hydrogen) atoms. The number of hydrogen-bond acceptors (Lipinski definition) is 2. The topological polar surface area (TPSA) is 6.48 Å². The van der Waals surface area contributed by atoms with E-state index in [2.05, 4.69) is 37.5 Å². The molecule has 2 atom stereocenters.